The van der Waals surface area contributed by atoms with E-state index >= 15 is 0 Å². The van der Waals surface area contributed by atoms with Gasteiger partial charge in [-0.05, 0) is 33.1 Å². The second-order valence-electron chi connectivity index (χ2n) is 6.37. The molecule has 0 aromatic rings. The Morgan fingerprint density at radius 1 is 0.833 bits per heavy atom. The SMILES string of the molecule is CCCOCCOCCC(=O)NCCCCCCCCOC(C)C. The predicted molar refractivity (Wildman–Crippen MR) is 98.3 cm³/mol. The molecule has 0 saturated heterocycles. The summed E-state index contributed by atoms with van der Waals surface area (Å²) in [4.78, 5) is 11.6. The van der Waals surface area contributed by atoms with Crippen LogP contribution < -0.4 is 5.32 Å². The van der Waals surface area contributed by atoms with Gasteiger partial charge in [0.15, 0.2) is 0 Å². The number of hydrogen-bond acceptors (Lipinski definition) is 4. The summed E-state index contributed by atoms with van der Waals surface area (Å²) < 4.78 is 16.2. The Balaban J connectivity index is 3.15. The van der Waals surface area contributed by atoms with Gasteiger partial charge in [0.05, 0.1) is 25.9 Å². The van der Waals surface area contributed by atoms with Crippen molar-refractivity contribution in [1.82, 2.24) is 5.32 Å². The summed E-state index contributed by atoms with van der Waals surface area (Å²) in [5.74, 6) is 0.0790. The molecule has 1 N–H and O–H groups in total. The van der Waals surface area contributed by atoms with Gasteiger partial charge >= 0.3 is 0 Å². The molecule has 0 fully saturated rings. The lowest BCUT2D eigenvalue weighted by atomic mass is 10.1. The molecule has 0 aromatic heterocycles. The van der Waals surface area contributed by atoms with Crippen molar-refractivity contribution in [3.63, 3.8) is 0 Å². The lowest BCUT2D eigenvalue weighted by molar-refractivity contribution is -0.122. The van der Waals surface area contributed by atoms with E-state index in [0.29, 0.717) is 32.3 Å². The molecule has 0 radical (unpaired) electrons. The van der Waals surface area contributed by atoms with E-state index in [4.69, 9.17) is 14.2 Å². The highest BCUT2D eigenvalue weighted by molar-refractivity contribution is 5.75. The van der Waals surface area contributed by atoms with Crippen LogP contribution in [0.3, 0.4) is 0 Å². The molecule has 144 valence electrons. The number of rotatable bonds is 18. The van der Waals surface area contributed by atoms with Crippen LogP contribution in [0.2, 0.25) is 0 Å². The lowest BCUT2D eigenvalue weighted by Crippen LogP contribution is -2.25. The van der Waals surface area contributed by atoms with Gasteiger partial charge in [-0.1, -0.05) is 32.6 Å². The number of carbonyl (C=O) groups is 1. The van der Waals surface area contributed by atoms with Crippen LogP contribution in [-0.2, 0) is 19.0 Å². The first kappa shape index (κ1) is 23.4. The largest absolute Gasteiger partial charge is 0.379 e. The highest BCUT2D eigenvalue weighted by atomic mass is 16.5. The lowest BCUT2D eigenvalue weighted by Gasteiger charge is -2.07. The van der Waals surface area contributed by atoms with Crippen LogP contribution in [0.5, 0.6) is 0 Å². The first-order chi connectivity index (χ1) is 11.7. The Hall–Kier alpha value is -0.650. The second-order valence-corrected chi connectivity index (χ2v) is 6.37. The molecule has 0 aliphatic carbocycles. The minimum absolute atomic E-state index is 0.0790. The van der Waals surface area contributed by atoms with Crippen molar-refractivity contribution in [1.29, 1.82) is 0 Å². The highest BCUT2D eigenvalue weighted by Gasteiger charge is 2.00. The molecule has 0 aliphatic heterocycles. The molecular weight excluding hydrogens is 306 g/mol. The Morgan fingerprint density at radius 3 is 2.12 bits per heavy atom. The molecule has 0 heterocycles. The maximum atomic E-state index is 11.6. The van der Waals surface area contributed by atoms with Crippen LogP contribution in [0.1, 0.15) is 72.1 Å². The first-order valence-electron chi connectivity index (χ1n) is 9.70. The van der Waals surface area contributed by atoms with Gasteiger partial charge < -0.3 is 19.5 Å². The van der Waals surface area contributed by atoms with Gasteiger partial charge in [-0.15, -0.1) is 0 Å². The van der Waals surface area contributed by atoms with Crippen molar-refractivity contribution in [3.05, 3.63) is 0 Å². The molecule has 0 aromatic carbocycles. The molecular formula is C19H39NO4. The van der Waals surface area contributed by atoms with Gasteiger partial charge in [-0.25, -0.2) is 0 Å². The fourth-order valence-corrected chi connectivity index (χ4v) is 2.20. The molecule has 24 heavy (non-hydrogen) atoms. The monoisotopic (exact) mass is 345 g/mol. The third-order valence-corrected chi connectivity index (χ3v) is 3.54. The Kier molecular flexibility index (Phi) is 18.2. The average molecular weight is 346 g/mol. The second kappa shape index (κ2) is 18.7. The van der Waals surface area contributed by atoms with Crippen LogP contribution in [0.25, 0.3) is 0 Å². The number of amides is 1. The standard InChI is InChI=1S/C19H39NO4/c1-4-13-22-16-17-23-15-11-19(21)20-12-9-7-5-6-8-10-14-24-18(2)3/h18H,4-17H2,1-3H3,(H,20,21). The van der Waals surface area contributed by atoms with E-state index in [0.717, 1.165) is 39.0 Å². The number of nitrogens with one attached hydrogen (secondary N) is 1. The van der Waals surface area contributed by atoms with Crippen molar-refractivity contribution >= 4 is 5.91 Å². The summed E-state index contributed by atoms with van der Waals surface area (Å²) in [6.07, 6.45) is 8.90. The zero-order valence-corrected chi connectivity index (χ0v) is 16.1. The van der Waals surface area contributed by atoms with Crippen LogP contribution in [-0.4, -0.2) is 51.6 Å². The van der Waals surface area contributed by atoms with Gasteiger partial charge in [-0.3, -0.25) is 4.79 Å². The Bertz CT molecular complexity index is 272. The highest BCUT2D eigenvalue weighted by Crippen LogP contribution is 2.05. The van der Waals surface area contributed by atoms with Crippen molar-refractivity contribution in [3.8, 4) is 0 Å². The van der Waals surface area contributed by atoms with E-state index in [-0.39, 0.29) is 5.91 Å². The van der Waals surface area contributed by atoms with E-state index in [1.165, 1.54) is 25.7 Å². The van der Waals surface area contributed by atoms with Crippen molar-refractivity contribution in [2.45, 2.75) is 78.2 Å². The minimum Gasteiger partial charge on any atom is -0.379 e. The van der Waals surface area contributed by atoms with Crippen LogP contribution in [0, 0.1) is 0 Å². The number of unbranched alkanes of at least 4 members (excludes halogenated alkanes) is 5. The number of ether oxygens (including phenoxy) is 3. The van der Waals surface area contributed by atoms with Crippen LogP contribution in [0.15, 0.2) is 0 Å². The fourth-order valence-electron chi connectivity index (χ4n) is 2.20. The van der Waals surface area contributed by atoms with Gasteiger partial charge in [0, 0.05) is 26.2 Å². The molecule has 0 aliphatic rings. The topological polar surface area (TPSA) is 56.8 Å². The number of carbonyl (C=O) groups excluding carboxylic acids is 1. The zero-order valence-electron chi connectivity index (χ0n) is 16.1. The Labute approximate surface area is 148 Å². The minimum atomic E-state index is 0.0790. The van der Waals surface area contributed by atoms with Gasteiger partial charge in [0.1, 0.15) is 0 Å². The molecule has 5 nitrogen and oxygen atoms in total. The maximum Gasteiger partial charge on any atom is 0.222 e. The third-order valence-electron chi connectivity index (χ3n) is 3.54. The normalized spacial score (nSPS) is 11.2. The van der Waals surface area contributed by atoms with Gasteiger partial charge in [0.2, 0.25) is 5.91 Å². The average Bonchev–Trinajstić information content (AvgIpc) is 2.55. The van der Waals surface area contributed by atoms with Crippen LogP contribution in [0.4, 0.5) is 0 Å². The van der Waals surface area contributed by atoms with E-state index < -0.39 is 0 Å². The first-order valence-corrected chi connectivity index (χ1v) is 9.70. The summed E-state index contributed by atoms with van der Waals surface area (Å²) in [6, 6.07) is 0. The van der Waals surface area contributed by atoms with Gasteiger partial charge in [-0.2, -0.15) is 0 Å². The summed E-state index contributed by atoms with van der Waals surface area (Å²) in [6.45, 7) is 10.3. The van der Waals surface area contributed by atoms with E-state index in [1.54, 1.807) is 0 Å². The quantitative estimate of drug-likeness (QED) is 0.385. The van der Waals surface area contributed by atoms with E-state index in [9.17, 15) is 4.79 Å². The molecule has 1 amide bonds. The summed E-state index contributed by atoms with van der Waals surface area (Å²) in [5, 5.41) is 2.95. The van der Waals surface area contributed by atoms with Crippen molar-refractivity contribution in [2.24, 2.45) is 0 Å². The summed E-state index contributed by atoms with van der Waals surface area (Å²) >= 11 is 0. The van der Waals surface area contributed by atoms with E-state index in [2.05, 4.69) is 26.1 Å². The predicted octanol–water partition coefficient (Wildman–Crippen LogP) is 3.70. The van der Waals surface area contributed by atoms with E-state index in [1.807, 2.05) is 0 Å². The molecule has 0 atom stereocenters. The Morgan fingerprint density at radius 2 is 1.46 bits per heavy atom. The fraction of sp³-hybridized carbons (Fsp3) is 0.947. The summed E-state index contributed by atoms with van der Waals surface area (Å²) in [7, 11) is 0. The van der Waals surface area contributed by atoms with Crippen molar-refractivity contribution < 1.29 is 19.0 Å². The molecule has 5 heteroatoms. The van der Waals surface area contributed by atoms with Gasteiger partial charge in [0.25, 0.3) is 0 Å². The molecule has 0 spiro atoms. The maximum absolute atomic E-state index is 11.6. The smallest absolute Gasteiger partial charge is 0.222 e. The van der Waals surface area contributed by atoms with Crippen LogP contribution >= 0.6 is 0 Å². The zero-order chi connectivity index (χ0) is 17.9. The van der Waals surface area contributed by atoms with Crippen molar-refractivity contribution in [2.75, 3.05) is 39.6 Å². The number of hydrogen-bond donors (Lipinski definition) is 1. The molecule has 0 bridgehead atoms. The molecule has 0 unspecified atom stereocenters. The third kappa shape index (κ3) is 19.4. The molecule has 0 rings (SSSR count). The summed E-state index contributed by atoms with van der Waals surface area (Å²) in [5.41, 5.74) is 0. The molecule has 0 saturated carbocycles.